The van der Waals surface area contributed by atoms with Crippen LogP contribution < -0.4 is 4.90 Å². The van der Waals surface area contributed by atoms with E-state index in [2.05, 4.69) is 15.9 Å². The summed E-state index contributed by atoms with van der Waals surface area (Å²) >= 11 is 9.05. The van der Waals surface area contributed by atoms with Gasteiger partial charge in [0.2, 0.25) is 0 Å². The first-order valence-corrected chi connectivity index (χ1v) is 7.59. The molecule has 3 rings (SSSR count). The van der Waals surface area contributed by atoms with E-state index in [-0.39, 0.29) is 12.3 Å². The van der Waals surface area contributed by atoms with E-state index >= 15 is 0 Å². The highest BCUT2D eigenvalue weighted by atomic mass is 79.9. The maximum absolute atomic E-state index is 12.3. The molecule has 4 nitrogen and oxygen atoms in total. The van der Waals surface area contributed by atoms with Crippen LogP contribution in [0, 0.1) is 0 Å². The van der Waals surface area contributed by atoms with Crippen LogP contribution in [0.2, 0.25) is 5.02 Å². The predicted octanol–water partition coefficient (Wildman–Crippen LogP) is 3.51. The van der Waals surface area contributed by atoms with E-state index in [9.17, 15) is 14.4 Å². The van der Waals surface area contributed by atoms with E-state index in [0.29, 0.717) is 26.3 Å². The number of hydrogen-bond donors (Lipinski definition) is 0. The van der Waals surface area contributed by atoms with Crippen LogP contribution in [0.3, 0.4) is 0 Å². The van der Waals surface area contributed by atoms with Gasteiger partial charge in [-0.25, -0.2) is 0 Å². The molecule has 0 unspecified atom stereocenters. The molecule has 1 heterocycles. The Labute approximate surface area is 139 Å². The summed E-state index contributed by atoms with van der Waals surface area (Å²) in [6.45, 7) is -0.180. The third-order valence-electron chi connectivity index (χ3n) is 3.40. The number of rotatable bonds is 3. The molecule has 0 aliphatic carbocycles. The molecule has 22 heavy (non-hydrogen) atoms. The Morgan fingerprint density at radius 1 is 1.09 bits per heavy atom. The van der Waals surface area contributed by atoms with Crippen LogP contribution in [0.1, 0.15) is 20.7 Å². The Morgan fingerprint density at radius 2 is 1.77 bits per heavy atom. The molecule has 0 radical (unpaired) electrons. The van der Waals surface area contributed by atoms with Gasteiger partial charge in [-0.3, -0.25) is 19.3 Å². The molecule has 1 amide bonds. The zero-order chi connectivity index (χ0) is 15.9. The Kier molecular flexibility index (Phi) is 3.85. The lowest BCUT2D eigenvalue weighted by atomic mass is 10.1. The molecule has 0 fully saturated rings. The summed E-state index contributed by atoms with van der Waals surface area (Å²) < 4.78 is 0.707. The van der Waals surface area contributed by atoms with Crippen LogP contribution in [-0.2, 0) is 4.79 Å². The summed E-state index contributed by atoms with van der Waals surface area (Å²) in [7, 11) is 0. The van der Waals surface area contributed by atoms with Gasteiger partial charge in [-0.15, -0.1) is 0 Å². The van der Waals surface area contributed by atoms with Crippen molar-refractivity contribution in [3.63, 3.8) is 0 Å². The summed E-state index contributed by atoms with van der Waals surface area (Å²) in [4.78, 5) is 37.6. The summed E-state index contributed by atoms with van der Waals surface area (Å²) in [6, 6.07) is 11.4. The molecule has 1 aliphatic rings. The van der Waals surface area contributed by atoms with E-state index in [1.54, 1.807) is 42.5 Å². The average molecular weight is 379 g/mol. The van der Waals surface area contributed by atoms with Crippen molar-refractivity contribution in [2.24, 2.45) is 0 Å². The van der Waals surface area contributed by atoms with Gasteiger partial charge in [0.15, 0.2) is 5.78 Å². The lowest BCUT2D eigenvalue weighted by Crippen LogP contribution is -2.34. The number of halogens is 2. The molecule has 0 N–H and O–H groups in total. The van der Waals surface area contributed by atoms with Crippen LogP contribution in [0.5, 0.6) is 0 Å². The third-order valence-corrected chi connectivity index (χ3v) is 4.15. The summed E-state index contributed by atoms with van der Waals surface area (Å²) in [6.07, 6.45) is 0. The van der Waals surface area contributed by atoms with Crippen LogP contribution in [-0.4, -0.2) is 24.0 Å². The van der Waals surface area contributed by atoms with Crippen LogP contribution in [0.4, 0.5) is 5.69 Å². The fraction of sp³-hybridized carbons (Fsp3) is 0.0625. The number of nitrogens with zero attached hydrogens (tertiary/aromatic N) is 1. The number of hydrogen-bond acceptors (Lipinski definition) is 3. The largest absolute Gasteiger partial charge is 0.299 e. The van der Waals surface area contributed by atoms with Crippen molar-refractivity contribution in [3.05, 3.63) is 63.1 Å². The lowest BCUT2D eigenvalue weighted by molar-refractivity contribution is -0.114. The maximum atomic E-state index is 12.3. The normalized spacial score (nSPS) is 13.5. The Balaban J connectivity index is 1.90. The van der Waals surface area contributed by atoms with Crippen molar-refractivity contribution in [2.45, 2.75) is 0 Å². The number of amides is 1. The first-order valence-electron chi connectivity index (χ1n) is 6.42. The van der Waals surface area contributed by atoms with Crippen molar-refractivity contribution in [1.82, 2.24) is 0 Å². The zero-order valence-corrected chi connectivity index (χ0v) is 13.5. The van der Waals surface area contributed by atoms with E-state index in [4.69, 9.17) is 11.6 Å². The van der Waals surface area contributed by atoms with Crippen LogP contribution >= 0.6 is 27.5 Å². The predicted molar refractivity (Wildman–Crippen MR) is 86.6 cm³/mol. The highest BCUT2D eigenvalue weighted by molar-refractivity contribution is 9.10. The van der Waals surface area contributed by atoms with E-state index in [0.717, 1.165) is 0 Å². The van der Waals surface area contributed by atoms with Crippen molar-refractivity contribution < 1.29 is 14.4 Å². The molecule has 1 aliphatic heterocycles. The van der Waals surface area contributed by atoms with E-state index in [1.807, 2.05) is 0 Å². The van der Waals surface area contributed by atoms with Crippen molar-refractivity contribution in [2.75, 3.05) is 11.4 Å². The number of Topliss-reactive ketones (excluding diaryl/α,β-unsaturated/α-hetero) is 2. The van der Waals surface area contributed by atoms with Crippen LogP contribution in [0.15, 0.2) is 46.9 Å². The van der Waals surface area contributed by atoms with Crippen molar-refractivity contribution in [1.29, 1.82) is 0 Å². The second-order valence-corrected chi connectivity index (χ2v) is 6.16. The standard InChI is InChI=1S/C16H9BrClNO3/c17-10-3-6-13-12(7-10)15(21)16(22)19(13)8-14(20)9-1-4-11(18)5-2-9/h1-7H,8H2. The van der Waals surface area contributed by atoms with Gasteiger partial charge in [-0.05, 0) is 42.5 Å². The molecule has 0 atom stereocenters. The second-order valence-electron chi connectivity index (χ2n) is 4.81. The molecule has 0 spiro atoms. The van der Waals surface area contributed by atoms with E-state index in [1.165, 1.54) is 4.90 Å². The monoisotopic (exact) mass is 377 g/mol. The molecule has 2 aromatic carbocycles. The first-order chi connectivity index (χ1) is 10.5. The summed E-state index contributed by atoms with van der Waals surface area (Å²) in [5.41, 5.74) is 1.21. The van der Waals surface area contributed by atoms with Gasteiger partial charge in [-0.2, -0.15) is 0 Å². The maximum Gasteiger partial charge on any atom is 0.299 e. The van der Waals surface area contributed by atoms with Gasteiger partial charge in [0.1, 0.15) is 0 Å². The number of fused-ring (bicyclic) bond motifs is 1. The molecular weight excluding hydrogens is 370 g/mol. The Morgan fingerprint density at radius 3 is 2.45 bits per heavy atom. The minimum atomic E-state index is -0.685. The minimum Gasteiger partial charge on any atom is -0.297 e. The first kappa shape index (κ1) is 14.9. The smallest absolute Gasteiger partial charge is 0.297 e. The van der Waals surface area contributed by atoms with Gasteiger partial charge in [0.05, 0.1) is 17.8 Å². The fourth-order valence-corrected chi connectivity index (χ4v) is 2.79. The third kappa shape index (κ3) is 2.58. The SMILES string of the molecule is O=C(CN1C(=O)C(=O)c2cc(Br)ccc21)c1ccc(Cl)cc1. The van der Waals surface area contributed by atoms with Gasteiger partial charge < -0.3 is 0 Å². The van der Waals surface area contributed by atoms with Crippen molar-refractivity contribution >= 4 is 50.7 Å². The number of carbonyl (C=O) groups is 3. The van der Waals surface area contributed by atoms with Crippen LogP contribution in [0.25, 0.3) is 0 Å². The van der Waals surface area contributed by atoms with Crippen molar-refractivity contribution in [3.8, 4) is 0 Å². The number of anilines is 1. The van der Waals surface area contributed by atoms with Gasteiger partial charge in [0, 0.05) is 15.1 Å². The molecule has 0 bridgehead atoms. The average Bonchev–Trinajstić information content (AvgIpc) is 2.73. The van der Waals surface area contributed by atoms with Gasteiger partial charge >= 0.3 is 0 Å². The molecule has 0 saturated heterocycles. The Bertz CT molecular complexity index is 802. The molecule has 0 aromatic heterocycles. The molecule has 6 heteroatoms. The van der Waals surface area contributed by atoms with E-state index < -0.39 is 11.7 Å². The lowest BCUT2D eigenvalue weighted by Gasteiger charge is -2.15. The minimum absolute atomic E-state index is 0.180. The van der Waals surface area contributed by atoms with Gasteiger partial charge in [-0.1, -0.05) is 27.5 Å². The molecule has 110 valence electrons. The number of benzene rings is 2. The number of carbonyl (C=O) groups excluding carboxylic acids is 3. The topological polar surface area (TPSA) is 54.5 Å². The highest BCUT2D eigenvalue weighted by Crippen LogP contribution is 2.31. The number of ketones is 2. The quantitative estimate of drug-likeness (QED) is 0.606. The summed E-state index contributed by atoms with van der Waals surface area (Å²) in [5.74, 6) is -1.54. The van der Waals surface area contributed by atoms with Gasteiger partial charge in [0.25, 0.3) is 11.7 Å². The Hall–Kier alpha value is -1.98. The molecular formula is C16H9BrClNO3. The zero-order valence-electron chi connectivity index (χ0n) is 11.2. The fourth-order valence-electron chi connectivity index (χ4n) is 2.30. The molecule has 2 aromatic rings. The summed E-state index contributed by atoms with van der Waals surface area (Å²) in [5, 5.41) is 0.527. The second kappa shape index (κ2) is 5.66. The molecule has 0 saturated carbocycles. The highest BCUT2D eigenvalue weighted by Gasteiger charge is 2.36.